The lowest BCUT2D eigenvalue weighted by molar-refractivity contribution is 0.220. The number of aromatic nitrogens is 5. The fraction of sp³-hybridized carbons (Fsp3) is 0.219. The monoisotopic (exact) mass is 516 g/mol. The predicted octanol–water partition coefficient (Wildman–Crippen LogP) is 7.27. The number of fused-ring (bicyclic) bond motifs is 2. The third-order valence-electron chi connectivity index (χ3n) is 7.63. The van der Waals surface area contributed by atoms with Crippen molar-refractivity contribution in [2.75, 3.05) is 13.1 Å². The first kappa shape index (κ1) is 23.7. The van der Waals surface area contributed by atoms with Crippen molar-refractivity contribution in [3.05, 3.63) is 90.0 Å². The summed E-state index contributed by atoms with van der Waals surface area (Å²) in [5, 5.41) is 8.77. The van der Waals surface area contributed by atoms with E-state index in [1.54, 1.807) is 12.1 Å². The maximum absolute atomic E-state index is 14.2. The molecule has 1 aliphatic rings. The number of H-pyrrole nitrogens is 2. The van der Waals surface area contributed by atoms with E-state index in [2.05, 4.69) is 37.2 Å². The molecular formula is C32H29FN6. The van der Waals surface area contributed by atoms with E-state index in [4.69, 9.17) is 4.98 Å². The molecule has 0 atom stereocenters. The number of nitrogens with zero attached hydrogens (tertiary/aromatic N) is 4. The average molecular weight is 517 g/mol. The average Bonchev–Trinajstić information content (AvgIpc) is 3.57. The molecule has 0 bridgehead atoms. The zero-order valence-electron chi connectivity index (χ0n) is 21.8. The molecule has 194 valence electrons. The maximum atomic E-state index is 14.2. The van der Waals surface area contributed by atoms with E-state index in [9.17, 15) is 4.39 Å². The van der Waals surface area contributed by atoms with Crippen molar-refractivity contribution in [1.29, 1.82) is 0 Å². The topological polar surface area (TPSA) is 73.5 Å². The molecule has 6 nitrogen and oxygen atoms in total. The van der Waals surface area contributed by atoms with Crippen LogP contribution in [-0.2, 0) is 6.54 Å². The lowest BCUT2D eigenvalue weighted by atomic mass is 10.00. The summed E-state index contributed by atoms with van der Waals surface area (Å²) >= 11 is 0. The Morgan fingerprint density at radius 3 is 2.67 bits per heavy atom. The molecule has 2 aromatic carbocycles. The van der Waals surface area contributed by atoms with Gasteiger partial charge in [0.05, 0.1) is 16.9 Å². The van der Waals surface area contributed by atoms with Crippen LogP contribution in [-0.4, -0.2) is 43.1 Å². The lowest BCUT2D eigenvalue weighted by Crippen LogP contribution is -2.29. The van der Waals surface area contributed by atoms with Crippen LogP contribution in [0.25, 0.3) is 55.7 Å². The van der Waals surface area contributed by atoms with Crippen LogP contribution in [0, 0.1) is 12.7 Å². The van der Waals surface area contributed by atoms with E-state index in [-0.39, 0.29) is 5.82 Å². The van der Waals surface area contributed by atoms with Crippen molar-refractivity contribution in [3.63, 3.8) is 0 Å². The van der Waals surface area contributed by atoms with Crippen LogP contribution < -0.4 is 0 Å². The molecular weight excluding hydrogens is 487 g/mol. The number of benzene rings is 2. The molecule has 0 unspecified atom stereocenters. The number of hydrogen-bond acceptors (Lipinski definition) is 4. The minimum Gasteiger partial charge on any atom is -0.353 e. The predicted molar refractivity (Wildman–Crippen MR) is 154 cm³/mol. The summed E-state index contributed by atoms with van der Waals surface area (Å²) in [4.78, 5) is 15.6. The highest BCUT2D eigenvalue weighted by atomic mass is 19.1. The number of nitrogens with one attached hydrogen (secondary N) is 2. The van der Waals surface area contributed by atoms with Gasteiger partial charge in [-0.05, 0) is 97.6 Å². The van der Waals surface area contributed by atoms with Gasteiger partial charge in [0.2, 0.25) is 0 Å². The normalized spacial score (nSPS) is 14.4. The largest absolute Gasteiger partial charge is 0.353 e. The molecule has 0 amide bonds. The molecule has 0 radical (unpaired) electrons. The number of likely N-dealkylation sites (tertiary alicyclic amines) is 1. The summed E-state index contributed by atoms with van der Waals surface area (Å²) in [5.74, 6) is -0.234. The Bertz CT molecular complexity index is 1790. The first-order valence-corrected chi connectivity index (χ1v) is 13.5. The highest BCUT2D eigenvalue weighted by molar-refractivity contribution is 6.00. The Labute approximate surface area is 225 Å². The number of rotatable bonds is 5. The van der Waals surface area contributed by atoms with E-state index in [1.165, 1.54) is 24.8 Å². The lowest BCUT2D eigenvalue weighted by Gasteiger charge is -2.26. The van der Waals surface area contributed by atoms with Crippen LogP contribution in [0.4, 0.5) is 4.39 Å². The fourth-order valence-corrected chi connectivity index (χ4v) is 5.76. The van der Waals surface area contributed by atoms with E-state index in [0.717, 1.165) is 80.9 Å². The van der Waals surface area contributed by atoms with Crippen molar-refractivity contribution in [2.24, 2.45) is 0 Å². The molecule has 1 fully saturated rings. The molecule has 39 heavy (non-hydrogen) atoms. The Hall–Kier alpha value is -4.36. The first-order valence-electron chi connectivity index (χ1n) is 13.5. The van der Waals surface area contributed by atoms with Crippen molar-refractivity contribution >= 4 is 21.9 Å². The highest BCUT2D eigenvalue weighted by Gasteiger charge is 2.17. The summed E-state index contributed by atoms with van der Waals surface area (Å²) in [6.45, 7) is 5.13. The molecule has 5 heterocycles. The number of aryl methyl sites for hydroxylation is 1. The first-order chi connectivity index (χ1) is 19.1. The summed E-state index contributed by atoms with van der Waals surface area (Å²) < 4.78 is 14.2. The van der Waals surface area contributed by atoms with Gasteiger partial charge in [0.25, 0.3) is 0 Å². The van der Waals surface area contributed by atoms with Gasteiger partial charge < -0.3 is 4.98 Å². The van der Waals surface area contributed by atoms with Gasteiger partial charge in [0.1, 0.15) is 17.0 Å². The van der Waals surface area contributed by atoms with Gasteiger partial charge >= 0.3 is 0 Å². The summed E-state index contributed by atoms with van der Waals surface area (Å²) in [6, 6.07) is 19.5. The number of piperidine rings is 1. The van der Waals surface area contributed by atoms with E-state index >= 15 is 0 Å². The van der Waals surface area contributed by atoms with Crippen molar-refractivity contribution in [2.45, 2.75) is 32.7 Å². The van der Waals surface area contributed by atoms with Gasteiger partial charge in [-0.15, -0.1) is 0 Å². The van der Waals surface area contributed by atoms with Crippen LogP contribution in [0.2, 0.25) is 0 Å². The minimum absolute atomic E-state index is 0.234. The molecule has 0 saturated carbocycles. The molecule has 7 heteroatoms. The Kier molecular flexibility index (Phi) is 5.93. The standard InChI is InChI=1S/C32H29FN6/c1-20-12-22(15-24(33)13-20)25-6-5-7-28-26(25)16-30(35-28)32-31-29(37-38-32)9-8-27(36-31)23-14-21(17-34-18-23)19-39-10-3-2-4-11-39/h5-9,12-18,35H,2-4,10-11,19H2,1H3,(H,37,38). The molecule has 6 aromatic rings. The molecule has 0 aliphatic carbocycles. The summed E-state index contributed by atoms with van der Waals surface area (Å²) in [5.41, 5.74) is 10.0. The quantitative estimate of drug-likeness (QED) is 0.253. The van der Waals surface area contributed by atoms with Gasteiger partial charge in [0, 0.05) is 35.4 Å². The zero-order valence-corrected chi connectivity index (χ0v) is 21.8. The second-order valence-electron chi connectivity index (χ2n) is 10.6. The smallest absolute Gasteiger partial charge is 0.135 e. The Balaban J connectivity index is 1.26. The second-order valence-corrected chi connectivity index (χ2v) is 10.6. The van der Waals surface area contributed by atoms with Crippen molar-refractivity contribution in [3.8, 4) is 33.8 Å². The maximum Gasteiger partial charge on any atom is 0.135 e. The molecule has 1 saturated heterocycles. The van der Waals surface area contributed by atoms with E-state index in [1.807, 2.05) is 55.7 Å². The van der Waals surface area contributed by atoms with E-state index in [0.29, 0.717) is 0 Å². The van der Waals surface area contributed by atoms with Crippen molar-refractivity contribution in [1.82, 2.24) is 30.0 Å². The molecule has 0 spiro atoms. The SMILES string of the molecule is Cc1cc(F)cc(-c2cccc3[nH]c(-c4n[nH]c5ccc(-c6cncc(CN7CCCCC7)c6)nc45)cc23)c1. The summed E-state index contributed by atoms with van der Waals surface area (Å²) in [7, 11) is 0. The minimum atomic E-state index is -0.234. The van der Waals surface area contributed by atoms with Crippen LogP contribution in [0.5, 0.6) is 0 Å². The zero-order chi connectivity index (χ0) is 26.3. The van der Waals surface area contributed by atoms with Crippen LogP contribution in [0.15, 0.2) is 73.1 Å². The van der Waals surface area contributed by atoms with Crippen LogP contribution in [0.3, 0.4) is 0 Å². The van der Waals surface area contributed by atoms with Crippen molar-refractivity contribution < 1.29 is 4.39 Å². The highest BCUT2D eigenvalue weighted by Crippen LogP contribution is 2.35. The summed E-state index contributed by atoms with van der Waals surface area (Å²) in [6.07, 6.45) is 7.71. The number of pyridine rings is 2. The third kappa shape index (κ3) is 4.59. The van der Waals surface area contributed by atoms with E-state index < -0.39 is 0 Å². The number of halogens is 1. The van der Waals surface area contributed by atoms with Crippen LogP contribution >= 0.6 is 0 Å². The van der Waals surface area contributed by atoms with Gasteiger partial charge in [-0.1, -0.05) is 24.6 Å². The number of aromatic amines is 2. The fourth-order valence-electron chi connectivity index (χ4n) is 5.76. The van der Waals surface area contributed by atoms with Gasteiger partial charge in [-0.25, -0.2) is 9.37 Å². The van der Waals surface area contributed by atoms with Gasteiger partial charge in [-0.2, -0.15) is 5.10 Å². The van der Waals surface area contributed by atoms with Crippen LogP contribution in [0.1, 0.15) is 30.4 Å². The Morgan fingerprint density at radius 1 is 0.897 bits per heavy atom. The Morgan fingerprint density at radius 2 is 1.79 bits per heavy atom. The van der Waals surface area contributed by atoms with Gasteiger partial charge in [0.15, 0.2) is 0 Å². The molecule has 4 aromatic heterocycles. The second kappa shape index (κ2) is 9.75. The number of hydrogen-bond donors (Lipinski definition) is 2. The van der Waals surface area contributed by atoms with Gasteiger partial charge in [-0.3, -0.25) is 15.0 Å². The molecule has 2 N–H and O–H groups in total. The molecule has 1 aliphatic heterocycles. The molecule has 7 rings (SSSR count). The third-order valence-corrected chi connectivity index (χ3v) is 7.63.